The van der Waals surface area contributed by atoms with Gasteiger partial charge in [-0.1, -0.05) is 12.1 Å². The number of hydrogen-bond donors (Lipinski definition) is 1. The molecule has 0 unspecified atom stereocenters. The van der Waals surface area contributed by atoms with Gasteiger partial charge in [-0.25, -0.2) is 0 Å². The van der Waals surface area contributed by atoms with Crippen molar-refractivity contribution in [1.82, 2.24) is 5.32 Å². The summed E-state index contributed by atoms with van der Waals surface area (Å²) in [6, 6.07) is 13.7. The summed E-state index contributed by atoms with van der Waals surface area (Å²) >= 11 is 0. The van der Waals surface area contributed by atoms with E-state index in [1.807, 2.05) is 36.4 Å². The summed E-state index contributed by atoms with van der Waals surface area (Å²) in [7, 11) is 1.65. The van der Waals surface area contributed by atoms with Gasteiger partial charge in [0.05, 0.1) is 13.2 Å². The van der Waals surface area contributed by atoms with E-state index >= 15 is 0 Å². The number of benzene rings is 2. The fraction of sp³-hybridized carbons (Fsp3) is 0.368. The Kier molecular flexibility index (Phi) is 4.18. The van der Waals surface area contributed by atoms with Gasteiger partial charge in [-0.15, -0.1) is 0 Å². The smallest absolute Gasteiger partial charge is 0.169 e. The van der Waals surface area contributed by atoms with Gasteiger partial charge in [-0.3, -0.25) is 0 Å². The first-order valence-electron chi connectivity index (χ1n) is 7.81. The van der Waals surface area contributed by atoms with Gasteiger partial charge in [0.25, 0.3) is 0 Å². The lowest BCUT2D eigenvalue weighted by Crippen LogP contribution is -2.39. The average molecular weight is 313 g/mol. The van der Waals surface area contributed by atoms with Crippen LogP contribution in [0.15, 0.2) is 42.5 Å². The minimum atomic E-state index is 0.0302. The Hall–Kier alpha value is -2.20. The lowest BCUT2D eigenvalue weighted by molar-refractivity contribution is 0.270. The lowest BCUT2D eigenvalue weighted by Gasteiger charge is -2.25. The molecule has 0 radical (unpaired) electrons. The van der Waals surface area contributed by atoms with Crippen molar-refractivity contribution in [3.63, 3.8) is 0 Å². The zero-order valence-electron chi connectivity index (χ0n) is 14.1. The third-order valence-corrected chi connectivity index (χ3v) is 3.67. The first-order valence-corrected chi connectivity index (χ1v) is 7.81. The van der Waals surface area contributed by atoms with E-state index in [4.69, 9.17) is 14.2 Å². The molecule has 3 rings (SSSR count). The Morgan fingerprint density at radius 1 is 1.04 bits per heavy atom. The van der Waals surface area contributed by atoms with Crippen LogP contribution in [0.4, 0.5) is 0 Å². The van der Waals surface area contributed by atoms with E-state index in [1.165, 1.54) is 0 Å². The van der Waals surface area contributed by atoms with Crippen molar-refractivity contribution >= 4 is 0 Å². The Morgan fingerprint density at radius 2 is 1.74 bits per heavy atom. The van der Waals surface area contributed by atoms with Gasteiger partial charge < -0.3 is 19.5 Å². The summed E-state index contributed by atoms with van der Waals surface area (Å²) < 4.78 is 17.0. The summed E-state index contributed by atoms with van der Waals surface area (Å²) in [5.74, 6) is 3.13. The quantitative estimate of drug-likeness (QED) is 0.913. The minimum Gasteiger partial charge on any atom is -0.497 e. The molecular formula is C19H23NO3. The van der Waals surface area contributed by atoms with Crippen molar-refractivity contribution in [2.45, 2.75) is 32.4 Å². The van der Waals surface area contributed by atoms with Crippen LogP contribution in [0.5, 0.6) is 23.0 Å². The number of nitrogens with one attached hydrogen (secondary N) is 1. The van der Waals surface area contributed by atoms with Gasteiger partial charge in [0.2, 0.25) is 0 Å². The fourth-order valence-electron chi connectivity index (χ4n) is 2.71. The normalized spacial score (nSPS) is 16.6. The number of hydrogen-bond acceptors (Lipinski definition) is 4. The number of rotatable bonds is 4. The summed E-state index contributed by atoms with van der Waals surface area (Å²) in [5, 5.41) is 3.58. The second-order valence-electron chi connectivity index (χ2n) is 6.71. The molecule has 2 aromatic rings. The highest BCUT2D eigenvalue weighted by Gasteiger charge is 2.29. The van der Waals surface area contributed by atoms with Crippen LogP contribution in [0.3, 0.4) is 0 Å². The van der Waals surface area contributed by atoms with E-state index in [-0.39, 0.29) is 11.6 Å². The van der Waals surface area contributed by atoms with E-state index < -0.39 is 0 Å². The van der Waals surface area contributed by atoms with Crippen LogP contribution in [0.1, 0.15) is 32.4 Å². The van der Waals surface area contributed by atoms with Gasteiger partial charge in [0.15, 0.2) is 11.5 Å². The molecule has 0 saturated heterocycles. The number of fused-ring (bicyclic) bond motifs is 1. The SMILES string of the molecule is COc1ccc(Oc2cccc3c2OC[C@H]3NC(C)(C)C)cc1. The van der Waals surface area contributed by atoms with Crippen molar-refractivity contribution in [3.05, 3.63) is 48.0 Å². The molecule has 1 aliphatic rings. The number of methoxy groups -OCH3 is 1. The van der Waals surface area contributed by atoms with Gasteiger partial charge in [-0.2, -0.15) is 0 Å². The van der Waals surface area contributed by atoms with Crippen molar-refractivity contribution in [2.75, 3.05) is 13.7 Å². The first-order chi connectivity index (χ1) is 11.0. The first kappa shape index (κ1) is 15.7. The Balaban J connectivity index is 1.82. The van der Waals surface area contributed by atoms with Crippen LogP contribution in [-0.2, 0) is 0 Å². The van der Waals surface area contributed by atoms with Crippen LogP contribution >= 0.6 is 0 Å². The van der Waals surface area contributed by atoms with Crippen molar-refractivity contribution in [3.8, 4) is 23.0 Å². The summed E-state index contributed by atoms with van der Waals surface area (Å²) in [6.07, 6.45) is 0. The maximum absolute atomic E-state index is 5.99. The molecule has 0 saturated carbocycles. The monoisotopic (exact) mass is 313 g/mol. The molecule has 1 aliphatic heterocycles. The highest BCUT2D eigenvalue weighted by molar-refractivity contribution is 5.52. The zero-order valence-corrected chi connectivity index (χ0v) is 14.1. The molecule has 1 heterocycles. The second kappa shape index (κ2) is 6.13. The van der Waals surface area contributed by atoms with Crippen LogP contribution < -0.4 is 19.5 Å². The predicted molar refractivity (Wildman–Crippen MR) is 90.6 cm³/mol. The predicted octanol–water partition coefficient (Wildman–Crippen LogP) is 4.31. The Labute approximate surface area is 137 Å². The van der Waals surface area contributed by atoms with Gasteiger partial charge in [0.1, 0.15) is 18.1 Å². The Morgan fingerprint density at radius 3 is 2.39 bits per heavy atom. The highest BCUT2D eigenvalue weighted by atomic mass is 16.5. The van der Waals surface area contributed by atoms with E-state index in [9.17, 15) is 0 Å². The van der Waals surface area contributed by atoms with E-state index in [0.29, 0.717) is 6.61 Å². The Bertz CT molecular complexity index is 674. The van der Waals surface area contributed by atoms with Gasteiger partial charge in [0, 0.05) is 11.1 Å². The van der Waals surface area contributed by atoms with Crippen molar-refractivity contribution in [2.24, 2.45) is 0 Å². The second-order valence-corrected chi connectivity index (χ2v) is 6.71. The standard InChI is InChI=1S/C19H23NO3/c1-19(2,3)20-16-12-22-18-15(16)6-5-7-17(18)23-14-10-8-13(21-4)9-11-14/h5-11,16,20H,12H2,1-4H3/t16-/m1/s1. The molecule has 122 valence electrons. The third kappa shape index (κ3) is 3.59. The molecule has 1 atom stereocenters. The average Bonchev–Trinajstić information content (AvgIpc) is 2.90. The summed E-state index contributed by atoms with van der Waals surface area (Å²) in [6.45, 7) is 7.09. The fourth-order valence-corrected chi connectivity index (χ4v) is 2.71. The molecule has 0 aliphatic carbocycles. The maximum Gasteiger partial charge on any atom is 0.169 e. The lowest BCUT2D eigenvalue weighted by atomic mass is 10.0. The minimum absolute atomic E-state index is 0.0302. The van der Waals surface area contributed by atoms with Crippen molar-refractivity contribution < 1.29 is 14.2 Å². The van der Waals surface area contributed by atoms with E-state index in [1.54, 1.807) is 7.11 Å². The molecule has 4 nitrogen and oxygen atoms in total. The highest BCUT2D eigenvalue weighted by Crippen LogP contribution is 2.42. The molecular weight excluding hydrogens is 290 g/mol. The van der Waals surface area contributed by atoms with Gasteiger partial charge in [-0.05, 0) is 51.1 Å². The maximum atomic E-state index is 5.99. The van der Waals surface area contributed by atoms with Crippen LogP contribution in [-0.4, -0.2) is 19.3 Å². The van der Waals surface area contributed by atoms with E-state index in [0.717, 1.165) is 28.6 Å². The number of para-hydroxylation sites is 1. The molecule has 0 fully saturated rings. The molecule has 1 N–H and O–H groups in total. The molecule has 0 amide bonds. The van der Waals surface area contributed by atoms with E-state index in [2.05, 4.69) is 32.2 Å². The summed E-state index contributed by atoms with van der Waals surface area (Å²) in [5.41, 5.74) is 1.17. The zero-order chi connectivity index (χ0) is 16.4. The topological polar surface area (TPSA) is 39.7 Å². The van der Waals surface area contributed by atoms with Crippen LogP contribution in [0.2, 0.25) is 0 Å². The molecule has 0 bridgehead atoms. The molecule has 4 heteroatoms. The largest absolute Gasteiger partial charge is 0.497 e. The third-order valence-electron chi connectivity index (χ3n) is 3.67. The molecule has 0 aromatic heterocycles. The number of ether oxygens (including phenoxy) is 3. The van der Waals surface area contributed by atoms with Crippen LogP contribution in [0, 0.1) is 0 Å². The summed E-state index contributed by atoms with van der Waals surface area (Å²) in [4.78, 5) is 0. The molecule has 2 aromatic carbocycles. The van der Waals surface area contributed by atoms with Crippen molar-refractivity contribution in [1.29, 1.82) is 0 Å². The molecule has 23 heavy (non-hydrogen) atoms. The van der Waals surface area contributed by atoms with Gasteiger partial charge >= 0.3 is 0 Å². The van der Waals surface area contributed by atoms with Crippen LogP contribution in [0.25, 0.3) is 0 Å². The molecule has 0 spiro atoms.